The van der Waals surface area contributed by atoms with Gasteiger partial charge in [-0.2, -0.15) is 0 Å². The maximum atomic E-state index is 12.7. The molecule has 0 aromatic carbocycles. The van der Waals surface area contributed by atoms with Gasteiger partial charge in [0.25, 0.3) is 5.56 Å². The van der Waals surface area contributed by atoms with E-state index in [0.717, 1.165) is 0 Å². The van der Waals surface area contributed by atoms with Crippen LogP contribution in [-0.2, 0) is 13.6 Å². The van der Waals surface area contributed by atoms with Crippen molar-refractivity contribution in [3.05, 3.63) is 16.7 Å². The molecule has 0 bridgehead atoms. The highest BCUT2D eigenvalue weighted by molar-refractivity contribution is 6.78. The van der Waals surface area contributed by atoms with E-state index in [2.05, 4.69) is 99.0 Å². The molecular formula is C29H53BN5O4Si2. The Bertz CT molecular complexity index is 1080. The first-order valence-corrected chi connectivity index (χ1v) is 19.7. The highest BCUT2D eigenvalue weighted by Crippen LogP contribution is 2.47. The average molecular weight is 603 g/mol. The van der Waals surface area contributed by atoms with Crippen LogP contribution in [0.25, 0.3) is 0 Å². The molecule has 12 heteroatoms. The predicted molar refractivity (Wildman–Crippen MR) is 172 cm³/mol. The first kappa shape index (κ1) is 33.8. The first-order valence-electron chi connectivity index (χ1n) is 15.5. The molecule has 1 fully saturated rings. The van der Waals surface area contributed by atoms with Gasteiger partial charge in [-0.05, 0) is 33.2 Å². The third-order valence-electron chi connectivity index (χ3n) is 9.68. The van der Waals surface area contributed by atoms with Gasteiger partial charge < -0.3 is 28.3 Å². The molecule has 3 heterocycles. The number of fused-ring (bicyclic) bond motifs is 1. The van der Waals surface area contributed by atoms with Crippen LogP contribution in [0.1, 0.15) is 89.5 Å². The molecule has 3 rings (SSSR count). The van der Waals surface area contributed by atoms with Crippen LogP contribution in [0.5, 0.6) is 0 Å². The lowest BCUT2D eigenvalue weighted by Crippen LogP contribution is -2.53. The lowest BCUT2D eigenvalue weighted by atomic mass is 9.95. The molecule has 0 amide bonds. The Morgan fingerprint density at radius 2 is 1.54 bits per heavy atom. The Morgan fingerprint density at radius 1 is 1.00 bits per heavy atom. The van der Waals surface area contributed by atoms with Crippen molar-refractivity contribution in [1.29, 1.82) is 5.26 Å². The molecule has 1 radical (unpaired) electrons. The standard InChI is InChI=1S/C29H53BN5O4Si2/c1-18(2)40(19(3)4,20(5)6)37-14-25-24(39-41(21(7)8,22(9)10)23(11)12)13-26(38-25)34-17-35(30-15-31)27-28(34)32-16-33-29(27)36/h16,18-26H,13-14,17H2,1-12H3,(H,32,33,36)/t24-,25+,26+/m0/s1. The monoisotopic (exact) mass is 602 g/mol. The minimum atomic E-state index is -2.22. The normalized spacial score (nSPS) is 21.7. The molecule has 0 spiro atoms. The molecule has 9 nitrogen and oxygen atoms in total. The van der Waals surface area contributed by atoms with E-state index in [-0.39, 0.29) is 24.0 Å². The van der Waals surface area contributed by atoms with Crippen molar-refractivity contribution in [2.24, 2.45) is 0 Å². The second kappa shape index (κ2) is 13.3. The first-order chi connectivity index (χ1) is 19.1. The van der Waals surface area contributed by atoms with E-state index in [1.807, 2.05) is 4.90 Å². The number of hydrogen-bond acceptors (Lipinski definition) is 8. The quantitative estimate of drug-likeness (QED) is 0.262. The number of nitrogens with one attached hydrogen (secondary N) is 1. The second-order valence-corrected chi connectivity index (χ2v) is 24.6. The Balaban J connectivity index is 2.01. The molecule has 1 saturated heterocycles. The minimum absolute atomic E-state index is 0.142. The number of H-pyrrole nitrogens is 1. The average Bonchev–Trinajstić information content (AvgIpc) is 3.43. The number of nitrogens with zero attached hydrogens (tertiary/aromatic N) is 4. The Morgan fingerprint density at radius 3 is 2.02 bits per heavy atom. The van der Waals surface area contributed by atoms with Gasteiger partial charge in [-0.15, -0.1) is 0 Å². The van der Waals surface area contributed by atoms with Crippen molar-refractivity contribution in [2.75, 3.05) is 23.0 Å². The zero-order chi connectivity index (χ0) is 30.9. The fraction of sp³-hybridized carbons (Fsp3) is 0.828. The summed E-state index contributed by atoms with van der Waals surface area (Å²) in [6, 6.07) is 0. The highest BCUT2D eigenvalue weighted by Gasteiger charge is 2.53. The van der Waals surface area contributed by atoms with Gasteiger partial charge >= 0.3 is 7.41 Å². The predicted octanol–water partition coefficient (Wildman–Crippen LogP) is 6.32. The maximum Gasteiger partial charge on any atom is 0.388 e. The molecule has 0 unspecified atom stereocenters. The molecule has 0 aliphatic carbocycles. The Kier molecular flexibility index (Phi) is 11.0. The van der Waals surface area contributed by atoms with E-state index < -0.39 is 16.6 Å². The molecule has 3 atom stereocenters. The van der Waals surface area contributed by atoms with Crippen LogP contribution in [0, 0.1) is 11.2 Å². The molecule has 41 heavy (non-hydrogen) atoms. The third kappa shape index (κ3) is 6.21. The summed E-state index contributed by atoms with van der Waals surface area (Å²) in [7, 11) is -3.00. The zero-order valence-corrected chi connectivity index (χ0v) is 29.4. The summed E-state index contributed by atoms with van der Waals surface area (Å²) in [4.78, 5) is 23.5. The minimum Gasteiger partial charge on any atom is -0.413 e. The van der Waals surface area contributed by atoms with Gasteiger partial charge in [-0.25, -0.2) is 10.2 Å². The van der Waals surface area contributed by atoms with E-state index in [4.69, 9.17) is 13.6 Å². The molecule has 2 aliphatic heterocycles. The van der Waals surface area contributed by atoms with E-state index in [1.54, 1.807) is 4.81 Å². The number of aromatic amines is 1. The number of anilines is 2. The lowest BCUT2D eigenvalue weighted by Gasteiger charge is -2.45. The van der Waals surface area contributed by atoms with E-state index >= 15 is 0 Å². The second-order valence-electron chi connectivity index (χ2n) is 13.7. The van der Waals surface area contributed by atoms with Crippen molar-refractivity contribution in [1.82, 2.24) is 9.97 Å². The molecule has 229 valence electrons. The SMILES string of the molecule is CC(C)[Si](OC[C@H]1O[C@@H](N2CN([B]C#N)c3c2nc[nH]c3=O)C[C@@H]1O[Si](C(C)C)(C(C)C)C(C)C)(C(C)C)C(C)C. The largest absolute Gasteiger partial charge is 0.413 e. The van der Waals surface area contributed by atoms with Crippen LogP contribution < -0.4 is 15.3 Å². The smallest absolute Gasteiger partial charge is 0.388 e. The maximum absolute atomic E-state index is 12.7. The van der Waals surface area contributed by atoms with Crippen molar-refractivity contribution < 1.29 is 13.6 Å². The molecule has 0 saturated carbocycles. The van der Waals surface area contributed by atoms with Crippen molar-refractivity contribution in [3.63, 3.8) is 0 Å². The summed E-state index contributed by atoms with van der Waals surface area (Å²) in [5.41, 5.74) is 2.80. The number of nitriles is 1. The number of aromatic nitrogens is 2. The van der Waals surface area contributed by atoms with Gasteiger partial charge in [0.1, 0.15) is 18.0 Å². The van der Waals surface area contributed by atoms with Gasteiger partial charge in [0.15, 0.2) is 14.1 Å². The summed E-state index contributed by atoms with van der Waals surface area (Å²) < 4.78 is 21.3. The molecular weight excluding hydrogens is 549 g/mol. The van der Waals surface area contributed by atoms with Gasteiger partial charge in [0.05, 0.1) is 25.7 Å². The summed E-state index contributed by atoms with van der Waals surface area (Å²) in [5, 5.41) is 9.39. The summed E-state index contributed by atoms with van der Waals surface area (Å²) in [6.07, 6.45) is 1.31. The van der Waals surface area contributed by atoms with Crippen LogP contribution in [0.2, 0.25) is 33.2 Å². The van der Waals surface area contributed by atoms with Gasteiger partial charge in [-0.1, -0.05) is 83.1 Å². The molecule has 1 aromatic rings. The van der Waals surface area contributed by atoms with Crippen LogP contribution in [0.4, 0.5) is 11.5 Å². The molecule has 1 N–H and O–H groups in total. The van der Waals surface area contributed by atoms with E-state index in [1.165, 1.54) is 13.7 Å². The number of hydrogen-bond donors (Lipinski definition) is 1. The van der Waals surface area contributed by atoms with Gasteiger partial charge in [0, 0.05) is 12.4 Å². The van der Waals surface area contributed by atoms with E-state index in [0.29, 0.717) is 64.4 Å². The fourth-order valence-electron chi connectivity index (χ4n) is 8.12. The number of rotatable bonds is 13. The lowest BCUT2D eigenvalue weighted by molar-refractivity contribution is -0.0175. The van der Waals surface area contributed by atoms with Gasteiger partial charge in [-0.3, -0.25) is 4.79 Å². The van der Waals surface area contributed by atoms with Crippen molar-refractivity contribution >= 4 is 35.6 Å². The van der Waals surface area contributed by atoms with Crippen LogP contribution in [0.15, 0.2) is 11.1 Å². The van der Waals surface area contributed by atoms with E-state index in [9.17, 15) is 10.1 Å². The topological polar surface area (TPSA) is 104 Å². The number of ether oxygens (including phenoxy) is 1. The third-order valence-corrected chi connectivity index (χ3v) is 21.9. The van der Waals surface area contributed by atoms with Crippen molar-refractivity contribution in [2.45, 2.75) is 141 Å². The Labute approximate surface area is 250 Å². The fourth-order valence-corrected chi connectivity index (χ4v) is 19.2. The Hall–Kier alpha value is -1.65. The molecule has 1 aromatic heterocycles. The van der Waals surface area contributed by atoms with Crippen LogP contribution in [-0.4, -0.2) is 65.7 Å². The zero-order valence-electron chi connectivity index (χ0n) is 27.4. The van der Waals surface area contributed by atoms with Gasteiger partial charge in [0.2, 0.25) is 8.32 Å². The summed E-state index contributed by atoms with van der Waals surface area (Å²) >= 11 is 0. The summed E-state index contributed by atoms with van der Waals surface area (Å²) in [5.74, 6) is 2.59. The van der Waals surface area contributed by atoms with Crippen molar-refractivity contribution in [3.8, 4) is 5.97 Å². The summed E-state index contributed by atoms with van der Waals surface area (Å²) in [6.45, 7) is 28.5. The van der Waals surface area contributed by atoms with Crippen LogP contribution in [0.3, 0.4) is 0 Å². The highest BCUT2D eigenvalue weighted by atomic mass is 28.4. The van der Waals surface area contributed by atoms with Crippen LogP contribution >= 0.6 is 0 Å². The molecule has 2 aliphatic rings.